The van der Waals surface area contributed by atoms with Crippen LogP contribution in [0.4, 0.5) is 4.79 Å². The highest BCUT2D eigenvalue weighted by atomic mass is 16.5. The Morgan fingerprint density at radius 2 is 2.08 bits per heavy atom. The Morgan fingerprint density at radius 1 is 1.21 bits per heavy atom. The number of amides is 2. The van der Waals surface area contributed by atoms with Gasteiger partial charge in [-0.2, -0.15) is 0 Å². The van der Waals surface area contributed by atoms with Crippen molar-refractivity contribution in [3.8, 4) is 0 Å². The fourth-order valence-corrected chi connectivity index (χ4v) is 2.03. The number of ether oxygens (including phenoxy) is 1. The zero-order valence-corrected chi connectivity index (χ0v) is 13.5. The highest BCUT2D eigenvalue weighted by molar-refractivity contribution is 5.94. The lowest BCUT2D eigenvalue weighted by Gasteiger charge is -2.08. The minimum Gasteiger partial charge on any atom is -0.450 e. The Kier molecular flexibility index (Phi) is 6.70. The summed E-state index contributed by atoms with van der Waals surface area (Å²) in [5, 5.41) is 5.42. The number of nitrogens with one attached hydrogen (secondary N) is 2. The highest BCUT2D eigenvalue weighted by Gasteiger charge is 2.08. The number of aromatic nitrogens is 2. The molecule has 0 saturated carbocycles. The monoisotopic (exact) mass is 328 g/mol. The van der Waals surface area contributed by atoms with Crippen LogP contribution in [0.2, 0.25) is 0 Å². The topological polar surface area (TPSA) is 93.2 Å². The van der Waals surface area contributed by atoms with Crippen molar-refractivity contribution in [2.24, 2.45) is 0 Å². The summed E-state index contributed by atoms with van der Waals surface area (Å²) in [6, 6.07) is 7.10. The summed E-state index contributed by atoms with van der Waals surface area (Å²) in [5.74, 6) is -0.182. The van der Waals surface area contributed by atoms with Crippen LogP contribution in [-0.2, 0) is 17.7 Å². The number of hydrogen-bond acceptors (Lipinski definition) is 5. The molecular weight excluding hydrogens is 308 g/mol. The molecule has 0 unspecified atom stereocenters. The van der Waals surface area contributed by atoms with Crippen LogP contribution in [0.25, 0.3) is 0 Å². The molecule has 0 spiro atoms. The van der Waals surface area contributed by atoms with Gasteiger partial charge in [0.25, 0.3) is 5.91 Å². The van der Waals surface area contributed by atoms with E-state index in [1.807, 2.05) is 12.1 Å². The minimum absolute atomic E-state index is 0.182. The van der Waals surface area contributed by atoms with Gasteiger partial charge in [0.2, 0.25) is 0 Å². The van der Waals surface area contributed by atoms with Gasteiger partial charge >= 0.3 is 6.09 Å². The third-order valence-electron chi connectivity index (χ3n) is 3.19. The second-order valence-electron chi connectivity index (χ2n) is 4.98. The van der Waals surface area contributed by atoms with E-state index in [-0.39, 0.29) is 12.5 Å². The molecule has 0 aliphatic carbocycles. The quantitative estimate of drug-likeness (QED) is 0.807. The van der Waals surface area contributed by atoms with E-state index in [9.17, 15) is 9.59 Å². The molecule has 2 aromatic rings. The first-order chi connectivity index (χ1) is 11.7. The number of rotatable bonds is 7. The van der Waals surface area contributed by atoms with Crippen molar-refractivity contribution in [2.45, 2.75) is 19.9 Å². The first kappa shape index (κ1) is 17.4. The summed E-state index contributed by atoms with van der Waals surface area (Å²) in [6.07, 6.45) is 5.23. The van der Waals surface area contributed by atoms with E-state index in [0.29, 0.717) is 30.8 Å². The molecule has 24 heavy (non-hydrogen) atoms. The van der Waals surface area contributed by atoms with Gasteiger partial charge in [0, 0.05) is 30.7 Å². The third-order valence-corrected chi connectivity index (χ3v) is 3.19. The number of pyridine rings is 2. The molecule has 126 valence electrons. The van der Waals surface area contributed by atoms with E-state index in [1.165, 1.54) is 6.20 Å². The molecule has 0 aliphatic heterocycles. The predicted octanol–water partition coefficient (Wildman–Crippen LogP) is 1.70. The molecule has 2 amide bonds. The van der Waals surface area contributed by atoms with Crippen LogP contribution in [0.1, 0.15) is 28.5 Å². The van der Waals surface area contributed by atoms with Crippen LogP contribution in [-0.4, -0.2) is 35.1 Å². The minimum atomic E-state index is -0.509. The Labute approximate surface area is 140 Å². The molecule has 2 N–H and O–H groups in total. The summed E-state index contributed by atoms with van der Waals surface area (Å²) >= 11 is 0. The number of hydrogen-bond donors (Lipinski definition) is 2. The van der Waals surface area contributed by atoms with Gasteiger partial charge in [-0.1, -0.05) is 6.07 Å². The maximum atomic E-state index is 12.2. The number of nitrogens with zero attached hydrogens (tertiary/aromatic N) is 2. The molecule has 7 heteroatoms. The summed E-state index contributed by atoms with van der Waals surface area (Å²) in [4.78, 5) is 31.6. The fraction of sp³-hybridized carbons (Fsp3) is 0.294. The Hall–Kier alpha value is -2.96. The first-order valence-corrected chi connectivity index (χ1v) is 7.71. The van der Waals surface area contributed by atoms with Crippen LogP contribution in [0, 0.1) is 0 Å². The van der Waals surface area contributed by atoms with Gasteiger partial charge in [-0.15, -0.1) is 0 Å². The van der Waals surface area contributed by atoms with E-state index in [1.54, 1.807) is 31.5 Å². The van der Waals surface area contributed by atoms with Crippen LogP contribution in [0.5, 0.6) is 0 Å². The van der Waals surface area contributed by atoms with Crippen molar-refractivity contribution in [1.82, 2.24) is 20.6 Å². The highest BCUT2D eigenvalue weighted by Crippen LogP contribution is 2.03. The molecule has 0 radical (unpaired) electrons. The first-order valence-electron chi connectivity index (χ1n) is 7.71. The van der Waals surface area contributed by atoms with Gasteiger partial charge in [0.1, 0.15) is 0 Å². The summed E-state index contributed by atoms with van der Waals surface area (Å²) < 4.78 is 4.77. The smallest absolute Gasteiger partial charge is 0.407 e. The van der Waals surface area contributed by atoms with Crippen molar-refractivity contribution >= 4 is 12.0 Å². The predicted molar refractivity (Wildman–Crippen MR) is 88.4 cm³/mol. The Bertz CT molecular complexity index is 677. The second-order valence-corrected chi connectivity index (χ2v) is 4.98. The van der Waals surface area contributed by atoms with Crippen LogP contribution >= 0.6 is 0 Å². The van der Waals surface area contributed by atoms with Crippen LogP contribution in [0.3, 0.4) is 0 Å². The van der Waals surface area contributed by atoms with E-state index in [2.05, 4.69) is 20.6 Å². The molecule has 0 bridgehead atoms. The van der Waals surface area contributed by atoms with Gasteiger partial charge in [-0.05, 0) is 37.1 Å². The van der Waals surface area contributed by atoms with Gasteiger partial charge < -0.3 is 15.4 Å². The molecule has 0 aromatic carbocycles. The number of carbonyl (C=O) groups excluding carboxylic acids is 2. The normalized spacial score (nSPS) is 10.0. The maximum Gasteiger partial charge on any atom is 0.407 e. The molecular formula is C17H20N4O3. The van der Waals surface area contributed by atoms with Crippen molar-refractivity contribution in [3.63, 3.8) is 0 Å². The SMILES string of the molecule is CCOC(=O)NCc1cc(C(=O)NCCc2cccnc2)ccn1. The Balaban J connectivity index is 1.83. The van der Waals surface area contributed by atoms with Crippen molar-refractivity contribution in [1.29, 1.82) is 0 Å². The summed E-state index contributed by atoms with van der Waals surface area (Å²) in [7, 11) is 0. The standard InChI is InChI=1S/C17H20N4O3/c1-2-24-17(23)21-12-15-10-14(6-9-19-15)16(22)20-8-5-13-4-3-7-18-11-13/h3-4,6-7,9-11H,2,5,8,12H2,1H3,(H,20,22)(H,21,23). The molecule has 0 aliphatic rings. The lowest BCUT2D eigenvalue weighted by molar-refractivity contribution is 0.0954. The van der Waals surface area contributed by atoms with E-state index in [0.717, 1.165) is 5.56 Å². The van der Waals surface area contributed by atoms with Crippen LogP contribution < -0.4 is 10.6 Å². The number of alkyl carbamates (subject to hydrolysis) is 1. The van der Waals surface area contributed by atoms with Crippen LogP contribution in [0.15, 0.2) is 42.9 Å². The third kappa shape index (κ3) is 5.68. The molecule has 2 aromatic heterocycles. The van der Waals surface area contributed by atoms with Gasteiger partial charge in [0.05, 0.1) is 18.8 Å². The average molecular weight is 328 g/mol. The van der Waals surface area contributed by atoms with E-state index in [4.69, 9.17) is 4.74 Å². The van der Waals surface area contributed by atoms with Gasteiger partial charge in [0.15, 0.2) is 0 Å². The Morgan fingerprint density at radius 3 is 2.83 bits per heavy atom. The van der Waals surface area contributed by atoms with E-state index < -0.39 is 6.09 Å². The molecule has 7 nitrogen and oxygen atoms in total. The van der Waals surface area contributed by atoms with Crippen molar-refractivity contribution < 1.29 is 14.3 Å². The van der Waals surface area contributed by atoms with Crippen molar-refractivity contribution in [3.05, 3.63) is 59.7 Å². The average Bonchev–Trinajstić information content (AvgIpc) is 2.61. The molecule has 0 saturated heterocycles. The van der Waals surface area contributed by atoms with Gasteiger partial charge in [-0.3, -0.25) is 14.8 Å². The fourth-order valence-electron chi connectivity index (χ4n) is 2.03. The van der Waals surface area contributed by atoms with E-state index >= 15 is 0 Å². The number of carbonyl (C=O) groups is 2. The second kappa shape index (κ2) is 9.24. The molecule has 0 fully saturated rings. The largest absolute Gasteiger partial charge is 0.450 e. The molecule has 2 heterocycles. The lowest BCUT2D eigenvalue weighted by atomic mass is 10.2. The van der Waals surface area contributed by atoms with Crippen molar-refractivity contribution in [2.75, 3.05) is 13.2 Å². The summed E-state index contributed by atoms with van der Waals surface area (Å²) in [6.45, 7) is 2.76. The van der Waals surface area contributed by atoms with Gasteiger partial charge in [-0.25, -0.2) is 4.79 Å². The molecule has 2 rings (SSSR count). The zero-order chi connectivity index (χ0) is 17.2. The summed E-state index contributed by atoms with van der Waals surface area (Å²) in [5.41, 5.74) is 2.15. The maximum absolute atomic E-state index is 12.2. The lowest BCUT2D eigenvalue weighted by Crippen LogP contribution is -2.27. The molecule has 0 atom stereocenters. The zero-order valence-electron chi connectivity index (χ0n) is 13.5.